The summed E-state index contributed by atoms with van der Waals surface area (Å²) in [5, 5.41) is 4.96. The average Bonchev–Trinajstić information content (AvgIpc) is 3.20. The van der Waals surface area contributed by atoms with Crippen LogP contribution in [0.25, 0.3) is 17.3 Å². The predicted octanol–water partition coefficient (Wildman–Crippen LogP) is 4.63. The number of anilines is 1. The van der Waals surface area contributed by atoms with Gasteiger partial charge in [-0.2, -0.15) is 0 Å². The molecule has 0 bridgehead atoms. The second-order valence-corrected chi connectivity index (χ2v) is 6.68. The van der Waals surface area contributed by atoms with Gasteiger partial charge < -0.3 is 14.2 Å². The second-order valence-electron chi connectivity index (χ2n) is 5.83. The fourth-order valence-electron chi connectivity index (χ4n) is 2.60. The minimum atomic E-state index is -0.334. The molecule has 3 rings (SSSR count). The van der Waals surface area contributed by atoms with Crippen LogP contribution in [0.1, 0.15) is 5.56 Å². The number of carbonyl (C=O) groups is 1. The molecule has 0 radical (unpaired) electrons. The van der Waals surface area contributed by atoms with Gasteiger partial charge in [0.2, 0.25) is 11.7 Å². The molecule has 0 saturated heterocycles. The third kappa shape index (κ3) is 4.91. The van der Waals surface area contributed by atoms with Gasteiger partial charge in [0.15, 0.2) is 16.6 Å². The van der Waals surface area contributed by atoms with E-state index in [2.05, 4.69) is 10.3 Å². The maximum absolute atomic E-state index is 13.0. The molecule has 8 heteroatoms. The molecule has 1 amide bonds. The first kappa shape index (κ1) is 20.3. The van der Waals surface area contributed by atoms with E-state index in [9.17, 15) is 9.18 Å². The maximum atomic E-state index is 13.0. The number of aromatic nitrogens is 1. The smallest absolute Gasteiger partial charge is 0.250 e. The summed E-state index contributed by atoms with van der Waals surface area (Å²) >= 11 is 1.29. The van der Waals surface area contributed by atoms with Gasteiger partial charge >= 0.3 is 0 Å². The maximum Gasteiger partial charge on any atom is 0.250 e. The summed E-state index contributed by atoms with van der Waals surface area (Å²) in [5.74, 6) is 0.826. The summed E-state index contributed by atoms with van der Waals surface area (Å²) < 4.78 is 28.9. The largest absolute Gasteiger partial charge is 0.493 e. The summed E-state index contributed by atoms with van der Waals surface area (Å²) in [4.78, 5) is 16.6. The van der Waals surface area contributed by atoms with Crippen molar-refractivity contribution in [3.8, 4) is 28.5 Å². The lowest BCUT2D eigenvalue weighted by molar-refractivity contribution is -0.111. The normalized spacial score (nSPS) is 10.8. The highest BCUT2D eigenvalue weighted by molar-refractivity contribution is 7.14. The molecular formula is C21H19FN2O4S. The Labute approximate surface area is 171 Å². The van der Waals surface area contributed by atoms with E-state index < -0.39 is 0 Å². The van der Waals surface area contributed by atoms with E-state index in [0.29, 0.717) is 33.6 Å². The predicted molar refractivity (Wildman–Crippen MR) is 111 cm³/mol. The van der Waals surface area contributed by atoms with Gasteiger partial charge in [0.1, 0.15) is 5.82 Å². The first-order valence-corrected chi connectivity index (χ1v) is 9.42. The number of nitrogens with one attached hydrogen (secondary N) is 1. The average molecular weight is 414 g/mol. The Bertz CT molecular complexity index is 1010. The number of hydrogen-bond acceptors (Lipinski definition) is 6. The molecule has 2 aromatic carbocycles. The molecule has 0 aliphatic carbocycles. The quantitative estimate of drug-likeness (QED) is 0.571. The third-order valence-electron chi connectivity index (χ3n) is 3.99. The van der Waals surface area contributed by atoms with Gasteiger partial charge in [0.25, 0.3) is 0 Å². The van der Waals surface area contributed by atoms with E-state index in [-0.39, 0.29) is 11.7 Å². The number of methoxy groups -OCH3 is 3. The Balaban J connectivity index is 1.71. The lowest BCUT2D eigenvalue weighted by Gasteiger charge is -2.12. The summed E-state index contributed by atoms with van der Waals surface area (Å²) in [6.45, 7) is 0. The monoisotopic (exact) mass is 414 g/mol. The fourth-order valence-corrected chi connectivity index (χ4v) is 3.32. The first-order valence-electron chi connectivity index (χ1n) is 8.54. The van der Waals surface area contributed by atoms with E-state index in [4.69, 9.17) is 14.2 Å². The number of rotatable bonds is 7. The van der Waals surface area contributed by atoms with E-state index in [1.165, 1.54) is 50.9 Å². The molecule has 6 nitrogen and oxygen atoms in total. The van der Waals surface area contributed by atoms with Crippen molar-refractivity contribution in [2.24, 2.45) is 0 Å². The van der Waals surface area contributed by atoms with Crippen LogP contribution in [0.15, 0.2) is 47.9 Å². The molecule has 0 saturated carbocycles. The molecule has 3 aromatic rings. The van der Waals surface area contributed by atoms with Crippen molar-refractivity contribution in [3.63, 3.8) is 0 Å². The summed E-state index contributed by atoms with van der Waals surface area (Å²) in [5.41, 5.74) is 2.15. The van der Waals surface area contributed by atoms with Gasteiger partial charge in [-0.05, 0) is 48.0 Å². The van der Waals surface area contributed by atoms with Crippen molar-refractivity contribution in [2.75, 3.05) is 26.6 Å². The molecule has 0 aliphatic rings. The molecule has 1 N–H and O–H groups in total. The van der Waals surface area contributed by atoms with Crippen LogP contribution in [0.2, 0.25) is 0 Å². The standard InChI is InChI=1S/C21H19FN2O4S/c1-26-17-10-13(11-18(27-2)20(17)28-3)4-9-19(25)24-21-23-16(12-29-21)14-5-7-15(22)8-6-14/h4-12H,1-3H3,(H,23,24,25)/b9-4+. The highest BCUT2D eigenvalue weighted by Gasteiger charge is 2.12. The lowest BCUT2D eigenvalue weighted by atomic mass is 10.1. The number of amides is 1. The Morgan fingerprint density at radius 3 is 2.31 bits per heavy atom. The van der Waals surface area contributed by atoms with Crippen LogP contribution in [-0.2, 0) is 4.79 Å². The van der Waals surface area contributed by atoms with Crippen LogP contribution in [0, 0.1) is 5.82 Å². The molecule has 0 atom stereocenters. The van der Waals surface area contributed by atoms with Crippen LogP contribution in [0.5, 0.6) is 17.2 Å². The van der Waals surface area contributed by atoms with Gasteiger partial charge in [0.05, 0.1) is 27.0 Å². The zero-order chi connectivity index (χ0) is 20.8. The number of thiazole rings is 1. The third-order valence-corrected chi connectivity index (χ3v) is 4.75. The van der Waals surface area contributed by atoms with Gasteiger partial charge in [-0.15, -0.1) is 11.3 Å². The van der Waals surface area contributed by atoms with Crippen molar-refractivity contribution in [1.29, 1.82) is 0 Å². The highest BCUT2D eigenvalue weighted by atomic mass is 32.1. The Kier molecular flexibility index (Phi) is 6.46. The van der Waals surface area contributed by atoms with Crippen LogP contribution in [0.3, 0.4) is 0 Å². The molecular weight excluding hydrogens is 395 g/mol. The van der Waals surface area contributed by atoms with Crippen molar-refractivity contribution >= 4 is 28.5 Å². The Morgan fingerprint density at radius 1 is 1.07 bits per heavy atom. The SMILES string of the molecule is COc1cc(/C=C/C(=O)Nc2nc(-c3ccc(F)cc3)cs2)cc(OC)c1OC. The molecule has 29 heavy (non-hydrogen) atoms. The molecule has 0 aliphatic heterocycles. The topological polar surface area (TPSA) is 69.7 Å². The molecule has 150 valence electrons. The number of benzene rings is 2. The number of hydrogen-bond donors (Lipinski definition) is 1. The minimum absolute atomic E-state index is 0.311. The van der Waals surface area contributed by atoms with Crippen molar-refractivity contribution in [1.82, 2.24) is 4.98 Å². The van der Waals surface area contributed by atoms with Crippen molar-refractivity contribution < 1.29 is 23.4 Å². The zero-order valence-electron chi connectivity index (χ0n) is 16.1. The van der Waals surface area contributed by atoms with E-state index in [0.717, 1.165) is 5.56 Å². The van der Waals surface area contributed by atoms with Crippen molar-refractivity contribution in [3.05, 3.63) is 59.2 Å². The van der Waals surface area contributed by atoms with E-state index >= 15 is 0 Å². The number of carbonyl (C=O) groups excluding carboxylic acids is 1. The molecule has 0 unspecified atom stereocenters. The first-order chi connectivity index (χ1) is 14.0. The fraction of sp³-hybridized carbons (Fsp3) is 0.143. The zero-order valence-corrected chi connectivity index (χ0v) is 16.9. The van der Waals surface area contributed by atoms with Crippen LogP contribution in [-0.4, -0.2) is 32.2 Å². The van der Waals surface area contributed by atoms with Crippen molar-refractivity contribution in [2.45, 2.75) is 0 Å². The molecule has 1 aromatic heterocycles. The van der Waals surface area contributed by atoms with Crippen LogP contribution in [0.4, 0.5) is 9.52 Å². The molecule has 0 fully saturated rings. The molecule has 1 heterocycles. The summed E-state index contributed by atoms with van der Waals surface area (Å²) in [6.07, 6.45) is 3.02. The van der Waals surface area contributed by atoms with Gasteiger partial charge in [-0.1, -0.05) is 0 Å². The second kappa shape index (κ2) is 9.20. The minimum Gasteiger partial charge on any atom is -0.493 e. The van der Waals surface area contributed by atoms with E-state index in [1.54, 1.807) is 35.7 Å². The Morgan fingerprint density at radius 2 is 1.72 bits per heavy atom. The highest BCUT2D eigenvalue weighted by Crippen LogP contribution is 2.38. The number of halogens is 1. The van der Waals surface area contributed by atoms with Crippen LogP contribution < -0.4 is 19.5 Å². The molecule has 0 spiro atoms. The number of ether oxygens (including phenoxy) is 3. The van der Waals surface area contributed by atoms with Gasteiger partial charge in [-0.25, -0.2) is 9.37 Å². The van der Waals surface area contributed by atoms with E-state index in [1.807, 2.05) is 0 Å². The van der Waals surface area contributed by atoms with Gasteiger partial charge in [-0.3, -0.25) is 10.1 Å². The summed E-state index contributed by atoms with van der Waals surface area (Å²) in [7, 11) is 4.58. The van der Waals surface area contributed by atoms with Crippen LogP contribution >= 0.6 is 11.3 Å². The number of nitrogens with zero attached hydrogens (tertiary/aromatic N) is 1. The Hall–Kier alpha value is -3.39. The lowest BCUT2D eigenvalue weighted by Crippen LogP contribution is -2.07. The summed E-state index contributed by atoms with van der Waals surface area (Å²) in [6, 6.07) is 9.49. The van der Waals surface area contributed by atoms with Gasteiger partial charge in [0, 0.05) is 17.0 Å².